The van der Waals surface area contributed by atoms with Gasteiger partial charge in [0.25, 0.3) is 0 Å². The van der Waals surface area contributed by atoms with E-state index in [0.29, 0.717) is 13.0 Å². The molecule has 36 heavy (non-hydrogen) atoms. The number of carboxylic acids is 1. The molecule has 0 aromatic carbocycles. The molecule has 0 aromatic heterocycles. The Kier molecular flexibility index (Phi) is 11.0. The van der Waals surface area contributed by atoms with Gasteiger partial charge in [-0.2, -0.15) is 0 Å². The molecule has 2 aliphatic rings. The van der Waals surface area contributed by atoms with E-state index in [1.54, 1.807) is 13.8 Å². The third-order valence-electron chi connectivity index (χ3n) is 6.26. The van der Waals surface area contributed by atoms with E-state index in [1.165, 1.54) is 13.8 Å². The molecule has 0 bridgehead atoms. The number of hydrogen-bond acceptors (Lipinski definition) is 10. The molecule has 0 aliphatic carbocycles. The van der Waals surface area contributed by atoms with Crippen molar-refractivity contribution in [3.05, 3.63) is 0 Å². The van der Waals surface area contributed by atoms with E-state index in [9.17, 15) is 39.6 Å². The normalized spacial score (nSPS) is 30.8. The number of aliphatic hydroxyl groups is 3. The van der Waals surface area contributed by atoms with Crippen molar-refractivity contribution in [1.29, 1.82) is 0 Å². The molecule has 0 radical (unpaired) electrons. The Bertz CT molecular complexity index is 791. The van der Waals surface area contributed by atoms with E-state index in [0.717, 1.165) is 6.42 Å². The van der Waals surface area contributed by atoms with E-state index in [2.05, 4.69) is 21.3 Å². The molecular formula is C22H38N4O10. The molecule has 0 aromatic rings. The molecule has 8 N–H and O–H groups in total. The maximum atomic E-state index is 13.2. The first-order valence-electron chi connectivity index (χ1n) is 12.0. The largest absolute Gasteiger partial charge is 0.480 e. The predicted octanol–water partition coefficient (Wildman–Crippen LogP) is -3.20. The molecule has 9 atom stereocenters. The highest BCUT2D eigenvalue weighted by Gasteiger charge is 2.47. The van der Waals surface area contributed by atoms with Gasteiger partial charge in [0, 0.05) is 6.92 Å². The number of rotatable bonds is 11. The summed E-state index contributed by atoms with van der Waals surface area (Å²) in [6.45, 7) is 5.81. The number of ether oxygens (including phenoxy) is 2. The lowest BCUT2D eigenvalue weighted by molar-refractivity contribution is -0.281. The number of carbonyl (C=O) groups excluding carboxylic acids is 3. The lowest BCUT2D eigenvalue weighted by Crippen LogP contribution is -2.66. The molecule has 2 heterocycles. The fourth-order valence-corrected chi connectivity index (χ4v) is 4.19. The lowest BCUT2D eigenvalue weighted by Gasteiger charge is -2.43. The molecule has 0 unspecified atom stereocenters. The van der Waals surface area contributed by atoms with Crippen LogP contribution < -0.4 is 21.3 Å². The highest BCUT2D eigenvalue weighted by molar-refractivity contribution is 5.92. The summed E-state index contributed by atoms with van der Waals surface area (Å²) in [4.78, 5) is 49.3. The number of amides is 3. The third kappa shape index (κ3) is 7.57. The third-order valence-corrected chi connectivity index (χ3v) is 6.26. The van der Waals surface area contributed by atoms with Gasteiger partial charge >= 0.3 is 5.97 Å². The van der Waals surface area contributed by atoms with Crippen molar-refractivity contribution in [3.63, 3.8) is 0 Å². The van der Waals surface area contributed by atoms with Gasteiger partial charge in [-0.1, -0.05) is 13.8 Å². The van der Waals surface area contributed by atoms with Crippen LogP contribution in [0.3, 0.4) is 0 Å². The summed E-state index contributed by atoms with van der Waals surface area (Å²) in [6.07, 6.45) is -5.60. The molecule has 206 valence electrons. The number of aliphatic hydroxyl groups excluding tert-OH is 3. The minimum absolute atomic E-state index is 0.455. The van der Waals surface area contributed by atoms with Gasteiger partial charge in [-0.25, -0.2) is 4.79 Å². The summed E-state index contributed by atoms with van der Waals surface area (Å²) >= 11 is 0. The molecule has 0 spiro atoms. The van der Waals surface area contributed by atoms with Gasteiger partial charge in [-0.15, -0.1) is 0 Å². The number of nitrogens with one attached hydrogen (secondary N) is 4. The Morgan fingerprint density at radius 1 is 1.08 bits per heavy atom. The van der Waals surface area contributed by atoms with Crippen molar-refractivity contribution in [2.75, 3.05) is 13.2 Å². The first-order chi connectivity index (χ1) is 16.9. The number of hydrogen-bond donors (Lipinski definition) is 8. The highest BCUT2D eigenvalue weighted by atomic mass is 16.7. The van der Waals surface area contributed by atoms with Crippen LogP contribution in [0.4, 0.5) is 0 Å². The van der Waals surface area contributed by atoms with Crippen LogP contribution in [0, 0.1) is 5.92 Å². The average Bonchev–Trinajstić information content (AvgIpc) is 3.34. The van der Waals surface area contributed by atoms with Gasteiger partial charge < -0.3 is 51.2 Å². The van der Waals surface area contributed by atoms with Crippen molar-refractivity contribution >= 4 is 23.7 Å². The second-order valence-electron chi connectivity index (χ2n) is 9.48. The smallest absolute Gasteiger partial charge is 0.326 e. The minimum atomic E-state index is -1.57. The van der Waals surface area contributed by atoms with Crippen LogP contribution in [0.25, 0.3) is 0 Å². The summed E-state index contributed by atoms with van der Waals surface area (Å²) in [5, 5.41) is 50.1. The zero-order valence-corrected chi connectivity index (χ0v) is 20.8. The second-order valence-corrected chi connectivity index (χ2v) is 9.48. The van der Waals surface area contributed by atoms with Crippen LogP contribution in [-0.2, 0) is 28.7 Å². The lowest BCUT2D eigenvalue weighted by atomic mass is 9.96. The SMILES string of the molecule is CC(=O)N[C@H]1[C@@H](O[C@H](C)[C@H](NC(=O)[C@@H]2CCCN2)C(=O)N[C@H](C(=O)O)C(C)C)O[C@H](CO)[C@H](O)[C@@H]1O. The van der Waals surface area contributed by atoms with Gasteiger partial charge in [0.05, 0.1) is 18.8 Å². The van der Waals surface area contributed by atoms with Gasteiger partial charge in [-0.3, -0.25) is 14.4 Å². The van der Waals surface area contributed by atoms with E-state index in [1.807, 2.05) is 0 Å². The summed E-state index contributed by atoms with van der Waals surface area (Å²) in [5.41, 5.74) is 0. The van der Waals surface area contributed by atoms with Gasteiger partial charge in [-0.05, 0) is 32.2 Å². The first-order valence-corrected chi connectivity index (χ1v) is 12.0. The quantitative estimate of drug-likeness (QED) is 0.136. The highest BCUT2D eigenvalue weighted by Crippen LogP contribution is 2.24. The van der Waals surface area contributed by atoms with Crippen LogP contribution in [0.5, 0.6) is 0 Å². The van der Waals surface area contributed by atoms with Crippen LogP contribution >= 0.6 is 0 Å². The van der Waals surface area contributed by atoms with Crippen molar-refractivity contribution in [3.8, 4) is 0 Å². The van der Waals surface area contributed by atoms with Crippen LogP contribution in [0.15, 0.2) is 0 Å². The van der Waals surface area contributed by atoms with Gasteiger partial charge in [0.15, 0.2) is 6.29 Å². The minimum Gasteiger partial charge on any atom is -0.480 e. The Morgan fingerprint density at radius 3 is 2.25 bits per heavy atom. The first kappa shape index (κ1) is 29.9. The monoisotopic (exact) mass is 518 g/mol. The molecule has 14 heteroatoms. The molecule has 2 fully saturated rings. The van der Waals surface area contributed by atoms with Crippen molar-refractivity contribution in [2.24, 2.45) is 5.92 Å². The molecule has 2 saturated heterocycles. The molecule has 14 nitrogen and oxygen atoms in total. The molecule has 0 saturated carbocycles. The number of carboxylic acid groups (broad SMARTS) is 1. The molecule has 2 aliphatic heterocycles. The van der Waals surface area contributed by atoms with Crippen LogP contribution in [-0.4, -0.2) is 112 Å². The molecule has 2 rings (SSSR count). The van der Waals surface area contributed by atoms with Gasteiger partial charge in [0.1, 0.15) is 36.4 Å². The van der Waals surface area contributed by atoms with Crippen LogP contribution in [0.1, 0.15) is 40.5 Å². The Labute approximate surface area is 209 Å². The predicted molar refractivity (Wildman–Crippen MR) is 123 cm³/mol. The average molecular weight is 519 g/mol. The summed E-state index contributed by atoms with van der Waals surface area (Å²) in [5.74, 6) is -3.57. The zero-order valence-electron chi connectivity index (χ0n) is 20.8. The number of aliphatic carboxylic acids is 1. The van der Waals surface area contributed by atoms with Crippen molar-refractivity contribution < 1.29 is 49.1 Å². The fraction of sp³-hybridized carbons (Fsp3) is 0.818. The molecular weight excluding hydrogens is 480 g/mol. The van der Waals surface area contributed by atoms with E-state index in [4.69, 9.17) is 9.47 Å². The summed E-state index contributed by atoms with van der Waals surface area (Å²) in [7, 11) is 0. The van der Waals surface area contributed by atoms with Crippen LogP contribution in [0.2, 0.25) is 0 Å². The Morgan fingerprint density at radius 2 is 1.75 bits per heavy atom. The van der Waals surface area contributed by atoms with Crippen molar-refractivity contribution in [1.82, 2.24) is 21.3 Å². The van der Waals surface area contributed by atoms with Gasteiger partial charge in [0.2, 0.25) is 17.7 Å². The maximum absolute atomic E-state index is 13.2. The Balaban J connectivity index is 2.28. The van der Waals surface area contributed by atoms with E-state index < -0.39 is 91.1 Å². The topological polar surface area (TPSA) is 216 Å². The fourth-order valence-electron chi connectivity index (χ4n) is 4.19. The van der Waals surface area contributed by atoms with Crippen molar-refractivity contribution in [2.45, 2.75) is 95.4 Å². The Hall–Kier alpha value is -2.36. The van der Waals surface area contributed by atoms with E-state index >= 15 is 0 Å². The van der Waals surface area contributed by atoms with E-state index in [-0.39, 0.29) is 0 Å². The zero-order chi connectivity index (χ0) is 27.2. The second kappa shape index (κ2) is 13.3. The summed E-state index contributed by atoms with van der Waals surface area (Å²) in [6, 6.07) is -4.41. The maximum Gasteiger partial charge on any atom is 0.326 e. The summed E-state index contributed by atoms with van der Waals surface area (Å²) < 4.78 is 11.4. The molecule has 3 amide bonds. The number of carbonyl (C=O) groups is 4. The standard InChI is InChI=1S/C22H38N4O10/c1-9(2)14(21(33)34)25-20(32)15(26-19(31)12-6-5-7-23-12)10(3)35-22-16(24-11(4)28)18(30)17(29)13(8-27)36-22/h9-10,12-18,22-23,27,29-30H,5-8H2,1-4H3,(H,24,28)(H,25,32)(H,26,31)(H,33,34)/t10-,12+,13-,14+,15+,16-,17+,18-,22+/m1/s1.